The van der Waals surface area contributed by atoms with Crippen LogP contribution in [0.2, 0.25) is 10.0 Å². The molecule has 0 aliphatic carbocycles. The standard InChI is InChI=1S/C26H28Cl2FN5O2/c1-15-25-16(8-18(27)11-21(25)28)2-5-34(15)24(35)13-31-23-10-17-9-19(14-33-6-3-30-4-7-33)32-26(36)20(17)12-22(23)29/h8-12,15,30-31H,2-7,13-14H2,1H3,(H,32,36). The Morgan fingerprint density at radius 1 is 1.14 bits per heavy atom. The maximum Gasteiger partial charge on any atom is 0.256 e. The van der Waals surface area contributed by atoms with Gasteiger partial charge in [0, 0.05) is 55.0 Å². The fourth-order valence-corrected chi connectivity index (χ4v) is 5.88. The molecule has 1 saturated heterocycles. The lowest BCUT2D eigenvalue weighted by Gasteiger charge is -2.36. The molecular weight excluding hydrogens is 504 g/mol. The van der Waals surface area contributed by atoms with Gasteiger partial charge in [-0.1, -0.05) is 23.2 Å². The summed E-state index contributed by atoms with van der Waals surface area (Å²) in [5, 5.41) is 8.27. The molecule has 36 heavy (non-hydrogen) atoms. The van der Waals surface area contributed by atoms with Crippen molar-refractivity contribution < 1.29 is 9.18 Å². The number of H-pyrrole nitrogens is 1. The SMILES string of the molecule is CC1c2c(Cl)cc(Cl)cc2CCN1C(=O)CNc1cc2cc(CN3CCNCC3)[nH]c(=O)c2cc1F. The highest BCUT2D eigenvalue weighted by atomic mass is 35.5. The predicted octanol–water partition coefficient (Wildman–Crippen LogP) is 3.94. The molecule has 2 aromatic carbocycles. The Bertz CT molecular complexity index is 1370. The number of aromatic amines is 1. The van der Waals surface area contributed by atoms with Crippen molar-refractivity contribution in [3.05, 3.63) is 73.4 Å². The minimum atomic E-state index is -0.578. The quantitative estimate of drug-likeness (QED) is 0.464. The minimum absolute atomic E-state index is 0.0792. The highest BCUT2D eigenvalue weighted by Crippen LogP contribution is 2.37. The highest BCUT2D eigenvalue weighted by Gasteiger charge is 2.29. The molecule has 3 N–H and O–H groups in total. The number of carbonyl (C=O) groups is 1. The van der Waals surface area contributed by atoms with Gasteiger partial charge in [-0.3, -0.25) is 14.5 Å². The zero-order chi connectivity index (χ0) is 25.4. The van der Waals surface area contributed by atoms with E-state index < -0.39 is 5.82 Å². The average molecular weight is 532 g/mol. The smallest absolute Gasteiger partial charge is 0.256 e. The summed E-state index contributed by atoms with van der Waals surface area (Å²) in [6, 6.07) is 8.05. The number of nitrogens with one attached hydrogen (secondary N) is 3. The van der Waals surface area contributed by atoms with Crippen LogP contribution in [0.5, 0.6) is 0 Å². The van der Waals surface area contributed by atoms with Crippen molar-refractivity contribution >= 4 is 45.6 Å². The van der Waals surface area contributed by atoms with Crippen LogP contribution in [0.4, 0.5) is 10.1 Å². The van der Waals surface area contributed by atoms with Gasteiger partial charge in [0.25, 0.3) is 5.56 Å². The second-order valence-electron chi connectivity index (χ2n) is 9.40. The van der Waals surface area contributed by atoms with Gasteiger partial charge in [0.15, 0.2) is 0 Å². The first kappa shape index (κ1) is 25.0. The topological polar surface area (TPSA) is 80.5 Å². The van der Waals surface area contributed by atoms with Crippen molar-refractivity contribution in [1.82, 2.24) is 20.1 Å². The first-order valence-electron chi connectivity index (χ1n) is 12.1. The Hall–Kier alpha value is -2.65. The lowest BCUT2D eigenvalue weighted by molar-refractivity contribution is -0.131. The van der Waals surface area contributed by atoms with Crippen LogP contribution in [0.15, 0.2) is 35.1 Å². The Morgan fingerprint density at radius 3 is 2.69 bits per heavy atom. The number of hydrogen-bond donors (Lipinski definition) is 3. The summed E-state index contributed by atoms with van der Waals surface area (Å²) in [6.45, 7) is 6.61. The van der Waals surface area contributed by atoms with Crippen molar-refractivity contribution in [3.8, 4) is 0 Å². The maximum absolute atomic E-state index is 14.8. The number of benzene rings is 2. The zero-order valence-corrected chi connectivity index (χ0v) is 21.5. The molecule has 190 valence electrons. The molecule has 2 aliphatic rings. The summed E-state index contributed by atoms with van der Waals surface area (Å²) >= 11 is 12.6. The molecule has 0 bridgehead atoms. The minimum Gasteiger partial charge on any atom is -0.374 e. The Morgan fingerprint density at radius 2 is 1.92 bits per heavy atom. The molecule has 10 heteroatoms. The molecule has 0 spiro atoms. The van der Waals surface area contributed by atoms with Gasteiger partial charge in [-0.25, -0.2) is 4.39 Å². The van der Waals surface area contributed by atoms with Crippen LogP contribution in [-0.2, 0) is 17.8 Å². The Kier molecular flexibility index (Phi) is 7.21. The van der Waals surface area contributed by atoms with E-state index in [4.69, 9.17) is 23.2 Å². The molecule has 1 atom stereocenters. The van der Waals surface area contributed by atoms with Gasteiger partial charge in [0.2, 0.25) is 5.91 Å². The van der Waals surface area contributed by atoms with Crippen LogP contribution < -0.4 is 16.2 Å². The largest absolute Gasteiger partial charge is 0.374 e. The van der Waals surface area contributed by atoms with Gasteiger partial charge in [-0.2, -0.15) is 0 Å². The van der Waals surface area contributed by atoms with E-state index in [9.17, 15) is 14.0 Å². The summed E-state index contributed by atoms with van der Waals surface area (Å²) in [6.07, 6.45) is 0.647. The molecule has 7 nitrogen and oxygen atoms in total. The van der Waals surface area contributed by atoms with Crippen LogP contribution in [0.1, 0.15) is 29.8 Å². The van der Waals surface area contributed by atoms with Crippen LogP contribution in [0, 0.1) is 5.82 Å². The normalized spacial score (nSPS) is 18.3. The summed E-state index contributed by atoms with van der Waals surface area (Å²) in [7, 11) is 0. The predicted molar refractivity (Wildman–Crippen MR) is 141 cm³/mol. The van der Waals surface area contributed by atoms with Gasteiger partial charge >= 0.3 is 0 Å². The van der Waals surface area contributed by atoms with Crippen LogP contribution in [0.25, 0.3) is 10.8 Å². The molecular formula is C26H28Cl2FN5O2. The number of carbonyl (C=O) groups excluding carboxylic acids is 1. The lowest BCUT2D eigenvalue weighted by atomic mass is 9.93. The third-order valence-corrected chi connectivity index (χ3v) is 7.56. The van der Waals surface area contributed by atoms with Gasteiger partial charge in [-0.15, -0.1) is 0 Å². The number of rotatable bonds is 5. The summed E-state index contributed by atoms with van der Waals surface area (Å²) in [5.41, 5.74) is 2.58. The molecule has 0 radical (unpaired) electrons. The highest BCUT2D eigenvalue weighted by molar-refractivity contribution is 6.35. The lowest BCUT2D eigenvalue weighted by Crippen LogP contribution is -2.43. The zero-order valence-electron chi connectivity index (χ0n) is 20.0. The average Bonchev–Trinajstić information content (AvgIpc) is 2.83. The van der Waals surface area contributed by atoms with Crippen molar-refractivity contribution in [1.29, 1.82) is 0 Å². The van der Waals surface area contributed by atoms with Crippen molar-refractivity contribution in [3.63, 3.8) is 0 Å². The first-order valence-corrected chi connectivity index (χ1v) is 12.9. The van der Waals surface area contributed by atoms with Crippen molar-refractivity contribution in [2.45, 2.75) is 25.9 Å². The van der Waals surface area contributed by atoms with Crippen LogP contribution >= 0.6 is 23.2 Å². The first-order chi connectivity index (χ1) is 17.3. The van der Waals surface area contributed by atoms with Gasteiger partial charge < -0.3 is 20.5 Å². The molecule has 5 rings (SSSR count). The van der Waals surface area contributed by atoms with Crippen molar-refractivity contribution in [2.75, 3.05) is 44.6 Å². The molecule has 1 unspecified atom stereocenters. The second-order valence-corrected chi connectivity index (χ2v) is 10.2. The molecule has 3 aromatic rings. The van der Waals surface area contributed by atoms with E-state index in [1.54, 1.807) is 17.0 Å². The van der Waals surface area contributed by atoms with E-state index in [0.717, 1.165) is 43.0 Å². The van der Waals surface area contributed by atoms with E-state index in [-0.39, 0.29) is 35.1 Å². The fraction of sp³-hybridized carbons (Fsp3) is 0.385. The number of fused-ring (bicyclic) bond motifs is 2. The molecule has 3 heterocycles. The van der Waals surface area contributed by atoms with E-state index in [0.29, 0.717) is 34.9 Å². The number of halogens is 3. The molecule has 1 aromatic heterocycles. The van der Waals surface area contributed by atoms with Crippen LogP contribution in [0.3, 0.4) is 0 Å². The molecule has 0 saturated carbocycles. The Balaban J connectivity index is 1.32. The molecule has 2 aliphatic heterocycles. The number of piperazine rings is 1. The number of pyridine rings is 1. The summed E-state index contributed by atoms with van der Waals surface area (Å²) in [5.74, 6) is -0.741. The fourth-order valence-electron chi connectivity index (χ4n) is 5.19. The van der Waals surface area contributed by atoms with Crippen molar-refractivity contribution in [2.24, 2.45) is 0 Å². The number of anilines is 1. The number of amides is 1. The van der Waals surface area contributed by atoms with E-state index in [1.807, 2.05) is 19.1 Å². The van der Waals surface area contributed by atoms with E-state index in [2.05, 4.69) is 20.5 Å². The van der Waals surface area contributed by atoms with E-state index >= 15 is 0 Å². The Labute approximate surface area is 218 Å². The summed E-state index contributed by atoms with van der Waals surface area (Å²) < 4.78 is 14.8. The summed E-state index contributed by atoms with van der Waals surface area (Å²) in [4.78, 5) is 32.6. The number of aromatic nitrogens is 1. The third-order valence-electron chi connectivity index (χ3n) is 7.03. The van der Waals surface area contributed by atoms with Crippen LogP contribution in [-0.4, -0.2) is 60.0 Å². The second kappa shape index (κ2) is 10.4. The number of hydrogen-bond acceptors (Lipinski definition) is 5. The monoisotopic (exact) mass is 531 g/mol. The molecule has 1 fully saturated rings. The van der Waals surface area contributed by atoms with E-state index in [1.165, 1.54) is 6.07 Å². The number of nitrogens with zero attached hydrogens (tertiary/aromatic N) is 2. The molecule has 1 amide bonds. The maximum atomic E-state index is 14.8. The van der Waals surface area contributed by atoms with Gasteiger partial charge in [0.05, 0.1) is 23.7 Å². The van der Waals surface area contributed by atoms with Gasteiger partial charge in [0.1, 0.15) is 5.82 Å². The third kappa shape index (κ3) is 5.09. The van der Waals surface area contributed by atoms with Gasteiger partial charge in [-0.05, 0) is 60.2 Å².